The van der Waals surface area contributed by atoms with Gasteiger partial charge in [0.05, 0.1) is 24.7 Å². The molecule has 0 spiro atoms. The molecule has 2 aromatic heterocycles. The topological polar surface area (TPSA) is 90.7 Å². The van der Waals surface area contributed by atoms with Crippen molar-refractivity contribution in [3.63, 3.8) is 0 Å². The number of amides is 3. The SMILES string of the molecule is Cc1ccc(C(=O)Nc2ccc(N3CCN(C(=O)NCc4ccco4)CC3)nc2)cc1. The maximum atomic E-state index is 12.3. The second-order valence-corrected chi connectivity index (χ2v) is 7.44. The lowest BCUT2D eigenvalue weighted by Crippen LogP contribution is -2.51. The zero-order valence-electron chi connectivity index (χ0n) is 17.4. The Hall–Kier alpha value is -3.81. The molecule has 1 aromatic carbocycles. The number of aryl methyl sites for hydroxylation is 1. The maximum absolute atomic E-state index is 12.3. The Morgan fingerprint density at radius 1 is 1.03 bits per heavy atom. The van der Waals surface area contributed by atoms with Crippen molar-refractivity contribution in [3.8, 4) is 0 Å². The third-order valence-electron chi connectivity index (χ3n) is 5.20. The molecule has 3 amide bonds. The first-order chi connectivity index (χ1) is 15.1. The van der Waals surface area contributed by atoms with Gasteiger partial charge in [0.15, 0.2) is 0 Å². The number of pyridine rings is 1. The molecule has 0 bridgehead atoms. The van der Waals surface area contributed by atoms with Crippen molar-refractivity contribution in [1.82, 2.24) is 15.2 Å². The molecule has 3 heterocycles. The fourth-order valence-electron chi connectivity index (χ4n) is 3.38. The predicted octanol–water partition coefficient (Wildman–Crippen LogP) is 3.27. The lowest BCUT2D eigenvalue weighted by Gasteiger charge is -2.35. The fourth-order valence-corrected chi connectivity index (χ4v) is 3.38. The summed E-state index contributed by atoms with van der Waals surface area (Å²) in [6, 6.07) is 14.7. The van der Waals surface area contributed by atoms with Crippen LogP contribution in [0, 0.1) is 6.92 Å². The number of nitrogens with zero attached hydrogens (tertiary/aromatic N) is 3. The van der Waals surface area contributed by atoms with Gasteiger partial charge in [0, 0.05) is 31.7 Å². The molecule has 4 rings (SSSR count). The molecule has 31 heavy (non-hydrogen) atoms. The van der Waals surface area contributed by atoms with Gasteiger partial charge in [-0.25, -0.2) is 9.78 Å². The smallest absolute Gasteiger partial charge is 0.317 e. The first-order valence-corrected chi connectivity index (χ1v) is 10.2. The number of hydrogen-bond donors (Lipinski definition) is 2. The van der Waals surface area contributed by atoms with Gasteiger partial charge in [0.2, 0.25) is 0 Å². The second-order valence-electron chi connectivity index (χ2n) is 7.44. The molecule has 0 radical (unpaired) electrons. The monoisotopic (exact) mass is 419 g/mol. The van der Waals surface area contributed by atoms with Crippen LogP contribution in [-0.4, -0.2) is 48.0 Å². The molecule has 1 fully saturated rings. The number of rotatable bonds is 5. The first kappa shape index (κ1) is 20.5. The number of nitrogens with one attached hydrogen (secondary N) is 2. The molecule has 0 atom stereocenters. The second kappa shape index (κ2) is 9.34. The average molecular weight is 419 g/mol. The fraction of sp³-hybridized carbons (Fsp3) is 0.261. The van der Waals surface area contributed by atoms with Crippen LogP contribution in [0.4, 0.5) is 16.3 Å². The van der Waals surface area contributed by atoms with Gasteiger partial charge >= 0.3 is 6.03 Å². The third-order valence-corrected chi connectivity index (χ3v) is 5.20. The minimum Gasteiger partial charge on any atom is -0.467 e. The highest BCUT2D eigenvalue weighted by Gasteiger charge is 2.22. The number of benzene rings is 1. The van der Waals surface area contributed by atoms with Crippen molar-refractivity contribution < 1.29 is 14.0 Å². The average Bonchev–Trinajstić information content (AvgIpc) is 3.32. The Morgan fingerprint density at radius 2 is 1.81 bits per heavy atom. The summed E-state index contributed by atoms with van der Waals surface area (Å²) in [6.45, 7) is 4.96. The highest BCUT2D eigenvalue weighted by molar-refractivity contribution is 6.04. The molecule has 8 heteroatoms. The van der Waals surface area contributed by atoms with Gasteiger partial charge in [0.1, 0.15) is 11.6 Å². The number of carbonyl (C=O) groups excluding carboxylic acids is 2. The number of carbonyl (C=O) groups is 2. The van der Waals surface area contributed by atoms with Crippen LogP contribution in [0.25, 0.3) is 0 Å². The van der Waals surface area contributed by atoms with Crippen LogP contribution in [0.3, 0.4) is 0 Å². The van der Waals surface area contributed by atoms with Crippen LogP contribution in [0.2, 0.25) is 0 Å². The lowest BCUT2D eigenvalue weighted by molar-refractivity contribution is 0.102. The van der Waals surface area contributed by atoms with E-state index in [0.29, 0.717) is 44.0 Å². The molecule has 3 aromatic rings. The quantitative estimate of drug-likeness (QED) is 0.662. The number of anilines is 2. The number of urea groups is 1. The van der Waals surface area contributed by atoms with Crippen molar-refractivity contribution in [2.24, 2.45) is 0 Å². The largest absolute Gasteiger partial charge is 0.467 e. The molecular weight excluding hydrogens is 394 g/mol. The lowest BCUT2D eigenvalue weighted by atomic mass is 10.1. The number of aromatic nitrogens is 1. The van der Waals surface area contributed by atoms with Crippen LogP contribution >= 0.6 is 0 Å². The molecule has 8 nitrogen and oxygen atoms in total. The maximum Gasteiger partial charge on any atom is 0.317 e. The summed E-state index contributed by atoms with van der Waals surface area (Å²) >= 11 is 0. The highest BCUT2D eigenvalue weighted by atomic mass is 16.3. The van der Waals surface area contributed by atoms with E-state index >= 15 is 0 Å². The van der Waals surface area contributed by atoms with Gasteiger partial charge in [-0.3, -0.25) is 4.79 Å². The van der Waals surface area contributed by atoms with Gasteiger partial charge in [-0.05, 0) is 43.3 Å². The van der Waals surface area contributed by atoms with Crippen molar-refractivity contribution >= 4 is 23.4 Å². The number of furan rings is 1. The molecule has 0 aliphatic carbocycles. The van der Waals surface area contributed by atoms with Gasteiger partial charge in [-0.15, -0.1) is 0 Å². The van der Waals surface area contributed by atoms with Gasteiger partial charge in [-0.2, -0.15) is 0 Å². The summed E-state index contributed by atoms with van der Waals surface area (Å²) < 4.78 is 5.23. The summed E-state index contributed by atoms with van der Waals surface area (Å²) in [4.78, 5) is 33.1. The summed E-state index contributed by atoms with van der Waals surface area (Å²) in [5.74, 6) is 1.39. The first-order valence-electron chi connectivity index (χ1n) is 10.2. The molecule has 1 aliphatic rings. The molecule has 160 valence electrons. The Balaban J connectivity index is 1.26. The van der Waals surface area contributed by atoms with Gasteiger partial charge in [0.25, 0.3) is 5.91 Å². The van der Waals surface area contributed by atoms with E-state index in [4.69, 9.17) is 4.42 Å². The van der Waals surface area contributed by atoms with Crippen molar-refractivity contribution in [2.75, 3.05) is 36.4 Å². The van der Waals surface area contributed by atoms with E-state index in [2.05, 4.69) is 20.5 Å². The normalized spacial score (nSPS) is 13.7. The number of hydrogen-bond acceptors (Lipinski definition) is 5. The molecule has 0 saturated carbocycles. The van der Waals surface area contributed by atoms with Crippen LogP contribution < -0.4 is 15.5 Å². The Labute approximate surface area is 180 Å². The van der Waals surface area contributed by atoms with Crippen LogP contribution in [0.15, 0.2) is 65.4 Å². The molecule has 1 saturated heterocycles. The van der Waals surface area contributed by atoms with E-state index < -0.39 is 0 Å². The summed E-state index contributed by atoms with van der Waals surface area (Å²) in [5.41, 5.74) is 2.36. The van der Waals surface area contributed by atoms with E-state index in [0.717, 1.165) is 17.1 Å². The zero-order valence-corrected chi connectivity index (χ0v) is 17.4. The molecule has 0 unspecified atom stereocenters. The number of piperazine rings is 1. The Bertz CT molecular complexity index is 1010. The van der Waals surface area contributed by atoms with Gasteiger partial charge < -0.3 is 24.9 Å². The molecule has 1 aliphatic heterocycles. The van der Waals surface area contributed by atoms with E-state index in [-0.39, 0.29) is 11.9 Å². The van der Waals surface area contributed by atoms with Crippen LogP contribution in [0.1, 0.15) is 21.7 Å². The third kappa shape index (κ3) is 5.22. The van der Waals surface area contributed by atoms with Gasteiger partial charge in [-0.1, -0.05) is 17.7 Å². The molecular formula is C23H25N5O3. The summed E-state index contributed by atoms with van der Waals surface area (Å²) in [7, 11) is 0. The predicted molar refractivity (Wildman–Crippen MR) is 118 cm³/mol. The zero-order chi connectivity index (χ0) is 21.6. The minimum atomic E-state index is -0.163. The van der Waals surface area contributed by atoms with E-state index in [1.165, 1.54) is 0 Å². The van der Waals surface area contributed by atoms with Crippen molar-refractivity contribution in [2.45, 2.75) is 13.5 Å². The van der Waals surface area contributed by atoms with E-state index in [9.17, 15) is 9.59 Å². The van der Waals surface area contributed by atoms with Crippen molar-refractivity contribution in [1.29, 1.82) is 0 Å². The standard InChI is InChI=1S/C23H25N5O3/c1-17-4-6-18(7-5-17)22(29)26-19-8-9-21(24-15-19)27-10-12-28(13-11-27)23(30)25-16-20-3-2-14-31-20/h2-9,14-15H,10-13,16H2,1H3,(H,25,30)(H,26,29). The summed E-state index contributed by atoms with van der Waals surface area (Å²) in [6.07, 6.45) is 3.25. The minimum absolute atomic E-state index is 0.0989. The van der Waals surface area contributed by atoms with E-state index in [1.54, 1.807) is 35.6 Å². The van der Waals surface area contributed by atoms with Crippen LogP contribution in [0.5, 0.6) is 0 Å². The summed E-state index contributed by atoms with van der Waals surface area (Å²) in [5, 5.41) is 5.74. The van der Waals surface area contributed by atoms with Crippen LogP contribution in [-0.2, 0) is 6.54 Å². The Kier molecular flexibility index (Phi) is 6.16. The molecule has 2 N–H and O–H groups in total. The Morgan fingerprint density at radius 3 is 2.45 bits per heavy atom. The highest BCUT2D eigenvalue weighted by Crippen LogP contribution is 2.17. The van der Waals surface area contributed by atoms with E-state index in [1.807, 2.05) is 37.3 Å². The van der Waals surface area contributed by atoms with Crippen molar-refractivity contribution in [3.05, 3.63) is 77.9 Å².